The molecule has 0 radical (unpaired) electrons. The molecule has 1 atom stereocenters. The SMILES string of the molecule is O=S(=O)(C1CCCC1)N1CCCC(CCl)C1. The molecule has 1 heterocycles. The number of sulfonamides is 1. The Bertz CT molecular complexity index is 325. The first kappa shape index (κ1) is 12.7. The lowest BCUT2D eigenvalue weighted by Crippen LogP contribution is -2.44. The van der Waals surface area contributed by atoms with Gasteiger partial charge in [0.2, 0.25) is 10.0 Å². The van der Waals surface area contributed by atoms with Gasteiger partial charge in [-0.1, -0.05) is 12.8 Å². The summed E-state index contributed by atoms with van der Waals surface area (Å²) in [7, 11) is -3.03. The van der Waals surface area contributed by atoms with E-state index in [0.717, 1.165) is 38.5 Å². The Morgan fingerprint density at radius 1 is 1.12 bits per heavy atom. The Morgan fingerprint density at radius 3 is 2.44 bits per heavy atom. The molecule has 1 aliphatic heterocycles. The minimum absolute atomic E-state index is 0.110. The Balaban J connectivity index is 2.04. The van der Waals surface area contributed by atoms with Gasteiger partial charge in [-0.2, -0.15) is 0 Å². The molecule has 1 unspecified atom stereocenters. The van der Waals surface area contributed by atoms with Crippen molar-refractivity contribution < 1.29 is 8.42 Å². The molecule has 1 aliphatic carbocycles. The van der Waals surface area contributed by atoms with Crippen LogP contribution in [0.3, 0.4) is 0 Å². The van der Waals surface area contributed by atoms with Crippen LogP contribution in [0.1, 0.15) is 38.5 Å². The average Bonchev–Trinajstić information content (AvgIpc) is 2.83. The van der Waals surface area contributed by atoms with Crippen molar-refractivity contribution in [3.05, 3.63) is 0 Å². The molecule has 0 spiro atoms. The number of nitrogens with zero attached hydrogens (tertiary/aromatic N) is 1. The van der Waals surface area contributed by atoms with E-state index < -0.39 is 10.0 Å². The van der Waals surface area contributed by atoms with Gasteiger partial charge in [0.25, 0.3) is 0 Å². The van der Waals surface area contributed by atoms with Gasteiger partial charge in [0, 0.05) is 19.0 Å². The first-order valence-corrected chi connectivity index (χ1v) is 8.23. The molecule has 1 saturated heterocycles. The fourth-order valence-electron chi connectivity index (χ4n) is 2.78. The minimum atomic E-state index is -3.03. The van der Waals surface area contributed by atoms with Crippen LogP contribution in [0.25, 0.3) is 0 Å². The summed E-state index contributed by atoms with van der Waals surface area (Å²) in [5.41, 5.74) is 0. The first-order chi connectivity index (χ1) is 7.64. The van der Waals surface area contributed by atoms with Gasteiger partial charge in [0.15, 0.2) is 0 Å². The molecule has 2 aliphatic rings. The van der Waals surface area contributed by atoms with Gasteiger partial charge in [0.05, 0.1) is 5.25 Å². The summed E-state index contributed by atoms with van der Waals surface area (Å²) in [5.74, 6) is 0.933. The van der Waals surface area contributed by atoms with E-state index in [9.17, 15) is 8.42 Å². The van der Waals surface area contributed by atoms with Crippen LogP contribution in [0.4, 0.5) is 0 Å². The fraction of sp³-hybridized carbons (Fsp3) is 1.00. The van der Waals surface area contributed by atoms with E-state index in [1.807, 2.05) is 0 Å². The number of rotatable bonds is 3. The van der Waals surface area contributed by atoms with Gasteiger partial charge in [-0.05, 0) is 31.6 Å². The van der Waals surface area contributed by atoms with Gasteiger partial charge in [-0.3, -0.25) is 0 Å². The quantitative estimate of drug-likeness (QED) is 0.734. The van der Waals surface area contributed by atoms with Crippen molar-refractivity contribution in [2.24, 2.45) is 5.92 Å². The van der Waals surface area contributed by atoms with Crippen molar-refractivity contribution in [3.8, 4) is 0 Å². The van der Waals surface area contributed by atoms with Gasteiger partial charge in [0.1, 0.15) is 0 Å². The van der Waals surface area contributed by atoms with E-state index in [2.05, 4.69) is 0 Å². The predicted molar refractivity (Wildman–Crippen MR) is 66.2 cm³/mol. The number of halogens is 1. The highest BCUT2D eigenvalue weighted by Crippen LogP contribution is 2.29. The normalized spacial score (nSPS) is 29.7. The van der Waals surface area contributed by atoms with Crippen LogP contribution < -0.4 is 0 Å². The van der Waals surface area contributed by atoms with Crippen molar-refractivity contribution >= 4 is 21.6 Å². The topological polar surface area (TPSA) is 37.4 Å². The lowest BCUT2D eigenvalue weighted by molar-refractivity contribution is 0.281. The van der Waals surface area contributed by atoms with Crippen molar-refractivity contribution in [3.63, 3.8) is 0 Å². The Kier molecular flexibility index (Phi) is 4.14. The summed E-state index contributed by atoms with van der Waals surface area (Å²) < 4.78 is 26.4. The van der Waals surface area contributed by atoms with Crippen molar-refractivity contribution in [1.29, 1.82) is 0 Å². The zero-order chi connectivity index (χ0) is 11.6. The molecule has 1 saturated carbocycles. The molecule has 0 amide bonds. The summed E-state index contributed by atoms with van der Waals surface area (Å²) in [5, 5.41) is -0.110. The van der Waals surface area contributed by atoms with Crippen LogP contribution in [-0.2, 0) is 10.0 Å². The second-order valence-corrected chi connectivity index (χ2v) is 7.49. The molecule has 94 valence electrons. The lowest BCUT2D eigenvalue weighted by Gasteiger charge is -2.32. The van der Waals surface area contributed by atoms with Crippen LogP contribution in [0.2, 0.25) is 0 Å². The smallest absolute Gasteiger partial charge is 0.212 e. The molecule has 2 fully saturated rings. The lowest BCUT2D eigenvalue weighted by atomic mass is 10.0. The number of hydrogen-bond acceptors (Lipinski definition) is 2. The minimum Gasteiger partial charge on any atom is -0.212 e. The molecule has 0 aromatic carbocycles. The largest absolute Gasteiger partial charge is 0.216 e. The van der Waals surface area contributed by atoms with Crippen molar-refractivity contribution in [1.82, 2.24) is 4.31 Å². The fourth-order valence-corrected chi connectivity index (χ4v) is 5.19. The van der Waals surface area contributed by atoms with E-state index >= 15 is 0 Å². The summed E-state index contributed by atoms with van der Waals surface area (Å²) in [6.45, 7) is 1.34. The Labute approximate surface area is 103 Å². The van der Waals surface area contributed by atoms with E-state index in [0.29, 0.717) is 24.9 Å². The van der Waals surface area contributed by atoms with Gasteiger partial charge in [-0.25, -0.2) is 12.7 Å². The monoisotopic (exact) mass is 265 g/mol. The molecule has 5 heteroatoms. The molecule has 3 nitrogen and oxygen atoms in total. The highest BCUT2D eigenvalue weighted by Gasteiger charge is 2.36. The first-order valence-electron chi connectivity index (χ1n) is 6.19. The van der Waals surface area contributed by atoms with Gasteiger partial charge in [-0.15, -0.1) is 11.6 Å². The third-order valence-electron chi connectivity index (χ3n) is 3.78. The molecule has 16 heavy (non-hydrogen) atoms. The average molecular weight is 266 g/mol. The highest BCUT2D eigenvalue weighted by atomic mass is 35.5. The van der Waals surface area contributed by atoms with Crippen LogP contribution in [0, 0.1) is 5.92 Å². The van der Waals surface area contributed by atoms with Crippen molar-refractivity contribution in [2.45, 2.75) is 43.8 Å². The standard InChI is InChI=1S/C11H20ClNO2S/c12-8-10-4-3-7-13(9-10)16(14,15)11-5-1-2-6-11/h10-11H,1-9H2. The Morgan fingerprint density at radius 2 is 1.81 bits per heavy atom. The molecule has 2 rings (SSSR count). The van der Waals surface area contributed by atoms with E-state index in [1.54, 1.807) is 4.31 Å². The van der Waals surface area contributed by atoms with Crippen LogP contribution in [-0.4, -0.2) is 36.9 Å². The molecular weight excluding hydrogens is 246 g/mol. The summed E-state index contributed by atoms with van der Waals surface area (Å²) >= 11 is 5.83. The zero-order valence-corrected chi connectivity index (χ0v) is 11.1. The highest BCUT2D eigenvalue weighted by molar-refractivity contribution is 7.89. The predicted octanol–water partition coefficient (Wildman–Crippen LogP) is 2.21. The maximum absolute atomic E-state index is 12.3. The van der Waals surface area contributed by atoms with Gasteiger partial charge < -0.3 is 0 Å². The van der Waals surface area contributed by atoms with Crippen LogP contribution in [0.15, 0.2) is 0 Å². The van der Waals surface area contributed by atoms with Crippen molar-refractivity contribution in [2.75, 3.05) is 19.0 Å². The molecule has 0 bridgehead atoms. The third-order valence-corrected chi connectivity index (χ3v) is 6.59. The molecule has 0 N–H and O–H groups in total. The van der Waals surface area contributed by atoms with Crippen LogP contribution in [0.5, 0.6) is 0 Å². The second kappa shape index (κ2) is 5.23. The summed E-state index contributed by atoms with van der Waals surface area (Å²) in [4.78, 5) is 0. The molecule has 0 aromatic heterocycles. The maximum Gasteiger partial charge on any atom is 0.216 e. The van der Waals surface area contributed by atoms with E-state index in [1.165, 1.54) is 0 Å². The number of alkyl halides is 1. The maximum atomic E-state index is 12.3. The number of piperidine rings is 1. The van der Waals surface area contributed by atoms with E-state index in [4.69, 9.17) is 11.6 Å². The molecule has 0 aromatic rings. The molecular formula is C11H20ClNO2S. The van der Waals surface area contributed by atoms with Gasteiger partial charge >= 0.3 is 0 Å². The zero-order valence-electron chi connectivity index (χ0n) is 9.57. The summed E-state index contributed by atoms with van der Waals surface area (Å²) in [6.07, 6.45) is 5.87. The van der Waals surface area contributed by atoms with E-state index in [-0.39, 0.29) is 5.25 Å². The Hall–Kier alpha value is 0.200. The second-order valence-electron chi connectivity index (χ2n) is 4.97. The number of hydrogen-bond donors (Lipinski definition) is 0. The summed E-state index contributed by atoms with van der Waals surface area (Å²) in [6, 6.07) is 0. The third kappa shape index (κ3) is 2.54. The van der Waals surface area contributed by atoms with Crippen LogP contribution >= 0.6 is 11.6 Å².